The van der Waals surface area contributed by atoms with Crippen LogP contribution >= 0.6 is 0 Å². The molecule has 2 amide bonds. The van der Waals surface area contributed by atoms with Crippen molar-refractivity contribution < 1.29 is 23.9 Å². The number of nitrogens with zero attached hydrogens (tertiary/aromatic N) is 1. The van der Waals surface area contributed by atoms with Gasteiger partial charge >= 0.3 is 12.1 Å². The Balaban J connectivity index is 2.58. The van der Waals surface area contributed by atoms with E-state index in [1.807, 2.05) is 30.7 Å². The van der Waals surface area contributed by atoms with Gasteiger partial charge in [0.1, 0.15) is 0 Å². The topological polar surface area (TPSA) is 86.6 Å². The molecule has 0 aliphatic carbocycles. The second-order valence-electron chi connectivity index (χ2n) is 4.37. The van der Waals surface area contributed by atoms with E-state index in [0.717, 1.165) is 17.9 Å². The Hall–Kier alpha value is -2.31. The maximum atomic E-state index is 11.9. The minimum atomic E-state index is -0.859. The average molecular weight is 296 g/mol. The Bertz CT molecular complexity index is 548. The number of rotatable bonds is 5. The first-order valence-corrected chi connectivity index (χ1v) is 6.71. The number of carbonyl (C=O) groups excluding carboxylic acids is 3. The van der Waals surface area contributed by atoms with Crippen LogP contribution < -0.4 is 5.32 Å². The molecule has 1 aromatic heterocycles. The van der Waals surface area contributed by atoms with Crippen LogP contribution in [0.15, 0.2) is 6.07 Å². The number of hydrogen-bond acceptors (Lipinski definition) is 5. The number of aromatic nitrogens is 1. The summed E-state index contributed by atoms with van der Waals surface area (Å²) in [5.74, 6) is -1.33. The molecule has 0 saturated carbocycles. The number of hydrogen-bond donors (Lipinski definition) is 1. The van der Waals surface area contributed by atoms with E-state index >= 15 is 0 Å². The van der Waals surface area contributed by atoms with Crippen LogP contribution in [0.2, 0.25) is 0 Å². The lowest BCUT2D eigenvalue weighted by molar-refractivity contribution is -0.123. The third-order valence-electron chi connectivity index (χ3n) is 2.96. The van der Waals surface area contributed by atoms with Crippen molar-refractivity contribution in [3.05, 3.63) is 23.0 Å². The summed E-state index contributed by atoms with van der Waals surface area (Å²) in [6.45, 7) is 7.66. The van der Waals surface area contributed by atoms with E-state index < -0.39 is 24.6 Å². The predicted octanol–water partition coefficient (Wildman–Crippen LogP) is 1.55. The smallest absolute Gasteiger partial charge is 0.413 e. The number of imide groups is 1. The summed E-state index contributed by atoms with van der Waals surface area (Å²) in [7, 11) is 0. The summed E-state index contributed by atoms with van der Waals surface area (Å²) in [6, 6.07) is 1.71. The van der Waals surface area contributed by atoms with Crippen LogP contribution in [0.1, 0.15) is 35.6 Å². The number of carbonyl (C=O) groups is 3. The first-order valence-electron chi connectivity index (χ1n) is 6.71. The molecule has 0 spiro atoms. The maximum absolute atomic E-state index is 11.9. The van der Waals surface area contributed by atoms with Gasteiger partial charge in [0.2, 0.25) is 0 Å². The highest BCUT2D eigenvalue weighted by Gasteiger charge is 2.18. The average Bonchev–Trinajstić information content (AvgIpc) is 2.71. The van der Waals surface area contributed by atoms with Crippen LogP contribution in [0.3, 0.4) is 0 Å². The summed E-state index contributed by atoms with van der Waals surface area (Å²) < 4.78 is 11.4. The molecule has 1 rings (SSSR count). The van der Waals surface area contributed by atoms with Crippen LogP contribution in [-0.4, -0.2) is 35.8 Å². The molecule has 1 aromatic rings. The molecule has 0 aliphatic heterocycles. The van der Waals surface area contributed by atoms with Crippen molar-refractivity contribution >= 4 is 18.0 Å². The van der Waals surface area contributed by atoms with Gasteiger partial charge < -0.3 is 14.0 Å². The first-order chi connectivity index (χ1) is 9.90. The summed E-state index contributed by atoms with van der Waals surface area (Å²) in [5.41, 5.74) is 2.14. The minimum Gasteiger partial charge on any atom is -0.452 e. The van der Waals surface area contributed by atoms with Crippen LogP contribution in [0.4, 0.5) is 4.79 Å². The van der Waals surface area contributed by atoms with Gasteiger partial charge in [-0.3, -0.25) is 10.1 Å². The highest BCUT2D eigenvalue weighted by Crippen LogP contribution is 2.15. The summed E-state index contributed by atoms with van der Waals surface area (Å²) in [4.78, 5) is 34.3. The lowest BCUT2D eigenvalue weighted by Crippen LogP contribution is -2.34. The lowest BCUT2D eigenvalue weighted by atomic mass is 10.2. The van der Waals surface area contributed by atoms with Gasteiger partial charge in [-0.2, -0.15) is 0 Å². The molecule has 0 unspecified atom stereocenters. The summed E-state index contributed by atoms with van der Waals surface area (Å²) in [6.07, 6.45) is -0.859. The van der Waals surface area contributed by atoms with Gasteiger partial charge in [-0.1, -0.05) is 0 Å². The Labute approximate surface area is 123 Å². The molecular formula is C14H20N2O5. The van der Waals surface area contributed by atoms with Gasteiger partial charge in [0.05, 0.1) is 12.2 Å². The second-order valence-corrected chi connectivity index (χ2v) is 4.37. The minimum absolute atomic E-state index is 0.155. The van der Waals surface area contributed by atoms with Gasteiger partial charge in [0, 0.05) is 17.9 Å². The number of alkyl carbamates (subject to hydrolysis) is 1. The molecule has 0 saturated heterocycles. The highest BCUT2D eigenvalue weighted by atomic mass is 16.6. The van der Waals surface area contributed by atoms with Crippen molar-refractivity contribution in [2.75, 3.05) is 13.2 Å². The molecule has 7 heteroatoms. The van der Waals surface area contributed by atoms with Gasteiger partial charge in [0.15, 0.2) is 6.61 Å². The van der Waals surface area contributed by atoms with Crippen LogP contribution in [0, 0.1) is 13.8 Å². The molecule has 0 aromatic carbocycles. The molecular weight excluding hydrogens is 276 g/mol. The number of ether oxygens (including phenoxy) is 2. The van der Waals surface area contributed by atoms with Crippen LogP contribution in [-0.2, 0) is 20.8 Å². The zero-order chi connectivity index (χ0) is 16.0. The Morgan fingerprint density at radius 1 is 1.19 bits per heavy atom. The fraction of sp³-hybridized carbons (Fsp3) is 0.500. The fourth-order valence-electron chi connectivity index (χ4n) is 2.02. The summed E-state index contributed by atoms with van der Waals surface area (Å²) in [5, 5.41) is 1.95. The van der Waals surface area contributed by atoms with E-state index in [9.17, 15) is 14.4 Å². The van der Waals surface area contributed by atoms with Crippen molar-refractivity contribution in [2.45, 2.75) is 34.2 Å². The van der Waals surface area contributed by atoms with E-state index in [4.69, 9.17) is 4.74 Å². The second kappa shape index (κ2) is 7.47. The first kappa shape index (κ1) is 16.7. The van der Waals surface area contributed by atoms with Gasteiger partial charge in [-0.25, -0.2) is 9.59 Å². The molecule has 1 heterocycles. The number of nitrogens with one attached hydrogen (secondary N) is 1. The molecule has 0 radical (unpaired) electrons. The number of esters is 1. The van der Waals surface area contributed by atoms with Crippen molar-refractivity contribution in [3.63, 3.8) is 0 Å². The van der Waals surface area contributed by atoms with Crippen LogP contribution in [0.5, 0.6) is 0 Å². The van der Waals surface area contributed by atoms with E-state index in [1.54, 1.807) is 13.0 Å². The Morgan fingerprint density at radius 3 is 2.38 bits per heavy atom. The Kier molecular flexibility index (Phi) is 5.95. The monoisotopic (exact) mass is 296 g/mol. The molecule has 0 aliphatic rings. The van der Waals surface area contributed by atoms with Crippen molar-refractivity contribution in [3.8, 4) is 0 Å². The molecule has 0 bridgehead atoms. The molecule has 7 nitrogen and oxygen atoms in total. The largest absolute Gasteiger partial charge is 0.452 e. The quantitative estimate of drug-likeness (QED) is 0.833. The van der Waals surface area contributed by atoms with Gasteiger partial charge in [-0.15, -0.1) is 0 Å². The number of aryl methyl sites for hydroxylation is 1. The fourth-order valence-corrected chi connectivity index (χ4v) is 2.02. The summed E-state index contributed by atoms with van der Waals surface area (Å²) >= 11 is 0. The molecule has 116 valence electrons. The standard InChI is InChI=1S/C14H20N2O5/c1-5-16-9(3)7-11(10(16)4)13(18)21-8-12(17)15-14(19)20-6-2/h7H,5-6,8H2,1-4H3,(H,15,17,19). The Morgan fingerprint density at radius 2 is 1.86 bits per heavy atom. The molecule has 21 heavy (non-hydrogen) atoms. The molecule has 0 fully saturated rings. The lowest BCUT2D eigenvalue weighted by Gasteiger charge is -2.07. The van der Waals surface area contributed by atoms with E-state index in [-0.39, 0.29) is 6.61 Å². The number of amides is 2. The van der Waals surface area contributed by atoms with Crippen molar-refractivity contribution in [1.82, 2.24) is 9.88 Å². The van der Waals surface area contributed by atoms with E-state index in [0.29, 0.717) is 5.56 Å². The third kappa shape index (κ3) is 4.34. The predicted molar refractivity (Wildman–Crippen MR) is 75.0 cm³/mol. The normalized spacial score (nSPS) is 10.1. The highest BCUT2D eigenvalue weighted by molar-refractivity contribution is 5.96. The van der Waals surface area contributed by atoms with Crippen molar-refractivity contribution in [2.24, 2.45) is 0 Å². The van der Waals surface area contributed by atoms with Gasteiger partial charge in [-0.05, 0) is 33.8 Å². The molecule has 1 N–H and O–H groups in total. The SMILES string of the molecule is CCOC(=O)NC(=O)COC(=O)c1cc(C)n(CC)c1C. The maximum Gasteiger partial charge on any atom is 0.413 e. The van der Waals surface area contributed by atoms with E-state index in [2.05, 4.69) is 4.74 Å². The van der Waals surface area contributed by atoms with Crippen molar-refractivity contribution in [1.29, 1.82) is 0 Å². The van der Waals surface area contributed by atoms with Gasteiger partial charge in [0.25, 0.3) is 5.91 Å². The van der Waals surface area contributed by atoms with E-state index in [1.165, 1.54) is 0 Å². The third-order valence-corrected chi connectivity index (χ3v) is 2.96. The zero-order valence-electron chi connectivity index (χ0n) is 12.7. The van der Waals surface area contributed by atoms with Crippen LogP contribution in [0.25, 0.3) is 0 Å². The zero-order valence-corrected chi connectivity index (χ0v) is 12.7. The molecule has 0 atom stereocenters.